The monoisotopic (exact) mass is 548 g/mol. The summed E-state index contributed by atoms with van der Waals surface area (Å²) in [5.41, 5.74) is 10.4. The lowest BCUT2D eigenvalue weighted by Crippen LogP contribution is -2.46. The van der Waals surface area contributed by atoms with Crippen LogP contribution in [0.25, 0.3) is 16.8 Å². The van der Waals surface area contributed by atoms with E-state index in [1.54, 1.807) is 19.4 Å². The highest BCUT2D eigenvalue weighted by molar-refractivity contribution is 7.91. The number of nitrogens with two attached hydrogens (primary N) is 1. The molecule has 6 rings (SSSR count). The number of rotatable bonds is 5. The van der Waals surface area contributed by atoms with Crippen LogP contribution in [0, 0.1) is 0 Å². The molecule has 39 heavy (non-hydrogen) atoms. The number of aromatic amines is 1. The van der Waals surface area contributed by atoms with Crippen LogP contribution in [-0.4, -0.2) is 85.1 Å². The Balaban J connectivity index is 1.42. The number of amides is 1. The number of aromatic nitrogens is 7. The van der Waals surface area contributed by atoms with E-state index in [2.05, 4.69) is 30.3 Å². The van der Waals surface area contributed by atoms with E-state index in [9.17, 15) is 13.2 Å². The number of carbonyl (C=O) groups is 1. The average molecular weight is 549 g/mol. The summed E-state index contributed by atoms with van der Waals surface area (Å²) in [5.74, 6) is -0.170. The molecule has 2 bridgehead atoms. The number of piperidine rings is 1. The number of aliphatic imine (C=N–C) groups is 1. The predicted octanol–water partition coefficient (Wildman–Crippen LogP) is 1.88. The SMILES string of the molecule is CN=C(C)c1ccc(-c2cnn3c(N)c(S(C)(=O)=O)c(C4CC5CCC(C4)N5C(=O)c4ncn[nH]4)nc23)cn1. The fraction of sp³-hybridized carbons (Fsp3) is 0.400. The Bertz CT molecular complexity index is 1700. The molecule has 0 radical (unpaired) electrons. The molecule has 0 saturated carbocycles. The molecule has 4 aromatic rings. The van der Waals surface area contributed by atoms with Gasteiger partial charge in [-0.15, -0.1) is 0 Å². The van der Waals surface area contributed by atoms with Crippen LogP contribution in [0.3, 0.4) is 0 Å². The first kappa shape index (κ1) is 25.1. The summed E-state index contributed by atoms with van der Waals surface area (Å²) < 4.78 is 27.4. The maximum atomic E-state index is 13.1. The molecule has 14 heteroatoms. The smallest absolute Gasteiger partial charge is 0.291 e. The van der Waals surface area contributed by atoms with Gasteiger partial charge in [0.15, 0.2) is 15.5 Å². The van der Waals surface area contributed by atoms with Crippen molar-refractivity contribution in [2.45, 2.75) is 55.5 Å². The molecule has 2 saturated heterocycles. The van der Waals surface area contributed by atoms with Gasteiger partial charge in [0.05, 0.1) is 23.3 Å². The molecular formula is C25H28N10O3S. The standard InChI is InChI=1S/C25H28N10O3S/c1-13(27-2)19-7-4-14(10-28-19)18-11-31-35-22(26)21(39(3,37)38)20(32-24(18)35)15-8-16-5-6-17(9-15)34(16)25(36)23-29-12-30-33-23/h4,7,10-12,15-17H,5-6,8-9,26H2,1-3H3,(H,29,30,33). The van der Waals surface area contributed by atoms with Crippen LogP contribution in [0.1, 0.15) is 60.5 Å². The number of H-pyrrole nitrogens is 1. The second-order valence-electron chi connectivity index (χ2n) is 10.1. The Morgan fingerprint density at radius 1 is 1.15 bits per heavy atom. The van der Waals surface area contributed by atoms with Crippen LogP contribution >= 0.6 is 0 Å². The number of hydrogen-bond acceptors (Lipinski definition) is 10. The van der Waals surface area contributed by atoms with Crippen molar-refractivity contribution in [2.24, 2.45) is 4.99 Å². The van der Waals surface area contributed by atoms with E-state index in [1.807, 2.05) is 24.0 Å². The molecule has 0 aromatic carbocycles. The number of carbonyl (C=O) groups excluding carboxylic acids is 1. The highest BCUT2D eigenvalue weighted by Crippen LogP contribution is 2.45. The number of nitrogens with one attached hydrogen (secondary N) is 1. The predicted molar refractivity (Wildman–Crippen MR) is 143 cm³/mol. The van der Waals surface area contributed by atoms with Crippen molar-refractivity contribution in [3.05, 3.63) is 48.1 Å². The summed E-state index contributed by atoms with van der Waals surface area (Å²) in [5, 5.41) is 10.8. The number of hydrogen-bond donors (Lipinski definition) is 2. The molecule has 202 valence electrons. The molecule has 6 heterocycles. The van der Waals surface area contributed by atoms with Crippen molar-refractivity contribution in [2.75, 3.05) is 19.0 Å². The molecule has 1 amide bonds. The normalized spacial score (nSPS) is 21.6. The van der Waals surface area contributed by atoms with Crippen molar-refractivity contribution in [1.29, 1.82) is 0 Å². The molecule has 4 aromatic heterocycles. The molecule has 2 unspecified atom stereocenters. The molecule has 2 aliphatic heterocycles. The first-order valence-corrected chi connectivity index (χ1v) is 14.5. The van der Waals surface area contributed by atoms with Crippen molar-refractivity contribution in [3.63, 3.8) is 0 Å². The van der Waals surface area contributed by atoms with Crippen molar-refractivity contribution >= 4 is 32.9 Å². The van der Waals surface area contributed by atoms with Crippen molar-refractivity contribution in [3.8, 4) is 11.1 Å². The zero-order valence-electron chi connectivity index (χ0n) is 21.7. The summed E-state index contributed by atoms with van der Waals surface area (Å²) in [6.45, 7) is 1.89. The molecule has 3 N–H and O–H groups in total. The highest BCUT2D eigenvalue weighted by Gasteiger charge is 2.46. The van der Waals surface area contributed by atoms with Gasteiger partial charge in [-0.3, -0.25) is 19.9 Å². The zero-order valence-corrected chi connectivity index (χ0v) is 22.6. The van der Waals surface area contributed by atoms with Gasteiger partial charge >= 0.3 is 0 Å². The summed E-state index contributed by atoms with van der Waals surface area (Å²) in [4.78, 5) is 32.6. The van der Waals surface area contributed by atoms with Crippen molar-refractivity contribution < 1.29 is 13.2 Å². The van der Waals surface area contributed by atoms with E-state index >= 15 is 0 Å². The Morgan fingerprint density at radius 2 is 1.90 bits per heavy atom. The topological polar surface area (TPSA) is 177 Å². The van der Waals surface area contributed by atoms with Gasteiger partial charge in [0.25, 0.3) is 5.91 Å². The molecule has 2 aliphatic rings. The van der Waals surface area contributed by atoms with Gasteiger partial charge in [0.1, 0.15) is 17.0 Å². The lowest BCUT2D eigenvalue weighted by atomic mass is 9.87. The van der Waals surface area contributed by atoms with Crippen LogP contribution in [0.5, 0.6) is 0 Å². The average Bonchev–Trinajstić information content (AvgIpc) is 3.65. The van der Waals surface area contributed by atoms with Gasteiger partial charge < -0.3 is 10.6 Å². The maximum absolute atomic E-state index is 13.1. The van der Waals surface area contributed by atoms with E-state index in [0.717, 1.165) is 36.1 Å². The van der Waals surface area contributed by atoms with Gasteiger partial charge in [-0.2, -0.15) is 14.7 Å². The summed E-state index contributed by atoms with van der Waals surface area (Å²) in [6.07, 6.45) is 8.57. The molecule has 0 aliphatic carbocycles. The minimum Gasteiger partial charge on any atom is -0.382 e. The molecule has 0 spiro atoms. The highest BCUT2D eigenvalue weighted by atomic mass is 32.2. The maximum Gasteiger partial charge on any atom is 0.291 e. The van der Waals surface area contributed by atoms with E-state index in [-0.39, 0.29) is 40.4 Å². The first-order chi connectivity index (χ1) is 18.7. The number of anilines is 1. The van der Waals surface area contributed by atoms with Gasteiger partial charge in [-0.05, 0) is 38.7 Å². The van der Waals surface area contributed by atoms with Crippen LogP contribution in [-0.2, 0) is 9.84 Å². The zero-order chi connectivity index (χ0) is 27.5. The molecule has 13 nitrogen and oxygen atoms in total. The van der Waals surface area contributed by atoms with Gasteiger partial charge in [-0.25, -0.2) is 18.4 Å². The number of sulfone groups is 1. The van der Waals surface area contributed by atoms with E-state index in [0.29, 0.717) is 29.7 Å². The van der Waals surface area contributed by atoms with Gasteiger partial charge in [0.2, 0.25) is 5.82 Å². The van der Waals surface area contributed by atoms with Gasteiger partial charge in [0, 0.05) is 48.6 Å². The van der Waals surface area contributed by atoms with Crippen LogP contribution in [0.4, 0.5) is 5.82 Å². The fourth-order valence-electron chi connectivity index (χ4n) is 5.92. The fourth-order valence-corrected chi connectivity index (χ4v) is 6.98. The molecule has 2 fully saturated rings. The largest absolute Gasteiger partial charge is 0.382 e. The molecular weight excluding hydrogens is 520 g/mol. The first-order valence-electron chi connectivity index (χ1n) is 12.6. The lowest BCUT2D eigenvalue weighted by molar-refractivity contribution is 0.0556. The Kier molecular flexibility index (Phi) is 5.93. The lowest BCUT2D eigenvalue weighted by Gasteiger charge is -2.38. The number of nitrogen functional groups attached to an aromatic ring is 1. The second-order valence-corrected chi connectivity index (χ2v) is 12.1. The quantitative estimate of drug-likeness (QED) is 0.352. The Hall–Kier alpha value is -4.20. The number of pyridine rings is 1. The van der Waals surface area contributed by atoms with Gasteiger partial charge in [-0.1, -0.05) is 6.07 Å². The van der Waals surface area contributed by atoms with E-state index in [1.165, 1.54) is 10.8 Å². The van der Waals surface area contributed by atoms with E-state index in [4.69, 9.17) is 10.7 Å². The molecule has 2 atom stereocenters. The Labute approximate surface area is 224 Å². The summed E-state index contributed by atoms with van der Waals surface area (Å²) in [7, 11) is -2.02. The third kappa shape index (κ3) is 4.15. The number of fused-ring (bicyclic) bond motifs is 3. The van der Waals surface area contributed by atoms with Crippen molar-refractivity contribution in [1.82, 2.24) is 39.7 Å². The number of nitrogens with zero attached hydrogens (tertiary/aromatic N) is 8. The minimum atomic E-state index is -3.74. The second kappa shape index (κ2) is 9.22. The third-order valence-corrected chi connectivity index (χ3v) is 8.95. The van der Waals surface area contributed by atoms with E-state index < -0.39 is 9.84 Å². The summed E-state index contributed by atoms with van der Waals surface area (Å²) in [6, 6.07) is 3.64. The summed E-state index contributed by atoms with van der Waals surface area (Å²) >= 11 is 0. The van der Waals surface area contributed by atoms with Crippen LogP contribution in [0.15, 0.2) is 40.7 Å². The van der Waals surface area contributed by atoms with Crippen LogP contribution < -0.4 is 5.73 Å². The minimum absolute atomic E-state index is 0.00711. The third-order valence-electron chi connectivity index (χ3n) is 7.79. The Morgan fingerprint density at radius 3 is 2.49 bits per heavy atom. The van der Waals surface area contributed by atoms with Crippen LogP contribution in [0.2, 0.25) is 0 Å².